The van der Waals surface area contributed by atoms with E-state index in [1.54, 1.807) is 7.11 Å². The second-order valence-electron chi connectivity index (χ2n) is 5.05. The maximum atomic E-state index is 5.25. The Bertz CT molecular complexity index is 194. The normalized spacial score (nSPS) is 31.2. The maximum absolute atomic E-state index is 5.25. The van der Waals surface area contributed by atoms with Crippen molar-refractivity contribution in [2.75, 3.05) is 33.4 Å². The van der Waals surface area contributed by atoms with Gasteiger partial charge in [-0.25, -0.2) is 0 Å². The van der Waals surface area contributed by atoms with Crippen LogP contribution in [0.1, 0.15) is 26.2 Å². The van der Waals surface area contributed by atoms with Crippen LogP contribution in [0.4, 0.5) is 0 Å². The van der Waals surface area contributed by atoms with Gasteiger partial charge in [0.05, 0.1) is 6.61 Å². The molecule has 1 saturated heterocycles. The fourth-order valence-corrected chi connectivity index (χ4v) is 2.54. The van der Waals surface area contributed by atoms with E-state index >= 15 is 0 Å². The van der Waals surface area contributed by atoms with E-state index in [1.807, 2.05) is 0 Å². The van der Waals surface area contributed by atoms with Crippen molar-refractivity contribution in [1.82, 2.24) is 10.2 Å². The SMILES string of the molecule is COCC(C)N1CCCNC(C2CC2)C1. The summed E-state index contributed by atoms with van der Waals surface area (Å²) in [5.41, 5.74) is 0. The van der Waals surface area contributed by atoms with Gasteiger partial charge in [0.15, 0.2) is 0 Å². The Kier molecular flexibility index (Phi) is 4.00. The fourth-order valence-electron chi connectivity index (χ4n) is 2.54. The molecule has 2 aliphatic rings. The van der Waals surface area contributed by atoms with E-state index in [4.69, 9.17) is 4.74 Å². The first-order valence-electron chi connectivity index (χ1n) is 6.27. The molecule has 1 aliphatic heterocycles. The molecule has 2 rings (SSSR count). The first kappa shape index (κ1) is 11.4. The summed E-state index contributed by atoms with van der Waals surface area (Å²) in [6.45, 7) is 6.77. The molecule has 3 nitrogen and oxygen atoms in total. The molecule has 0 aromatic carbocycles. The largest absolute Gasteiger partial charge is 0.383 e. The van der Waals surface area contributed by atoms with Crippen LogP contribution in [0, 0.1) is 5.92 Å². The third-order valence-electron chi connectivity index (χ3n) is 3.68. The highest BCUT2D eigenvalue weighted by molar-refractivity contribution is 4.90. The van der Waals surface area contributed by atoms with Gasteiger partial charge in [0.2, 0.25) is 0 Å². The molecule has 15 heavy (non-hydrogen) atoms. The van der Waals surface area contributed by atoms with E-state index in [0.717, 1.165) is 18.6 Å². The minimum absolute atomic E-state index is 0.566. The summed E-state index contributed by atoms with van der Waals surface area (Å²) in [6, 6.07) is 1.31. The van der Waals surface area contributed by atoms with Crippen LogP contribution in [-0.2, 0) is 4.74 Å². The average Bonchev–Trinajstić information content (AvgIpc) is 3.04. The molecule has 0 aromatic rings. The minimum Gasteiger partial charge on any atom is -0.383 e. The molecule has 0 spiro atoms. The standard InChI is InChI=1S/C12H24N2O/c1-10(9-15-2)14-7-3-6-13-12(8-14)11-4-5-11/h10-13H,3-9H2,1-2H3. The van der Waals surface area contributed by atoms with Gasteiger partial charge in [0, 0.05) is 25.7 Å². The van der Waals surface area contributed by atoms with Crippen molar-refractivity contribution in [3.63, 3.8) is 0 Å². The Morgan fingerprint density at radius 2 is 2.27 bits per heavy atom. The van der Waals surface area contributed by atoms with Crippen LogP contribution < -0.4 is 5.32 Å². The zero-order chi connectivity index (χ0) is 10.7. The van der Waals surface area contributed by atoms with Gasteiger partial charge < -0.3 is 10.1 Å². The molecule has 88 valence electrons. The fraction of sp³-hybridized carbons (Fsp3) is 1.00. The van der Waals surface area contributed by atoms with E-state index in [2.05, 4.69) is 17.1 Å². The van der Waals surface area contributed by atoms with Gasteiger partial charge in [-0.3, -0.25) is 4.90 Å². The molecule has 1 N–H and O–H groups in total. The maximum Gasteiger partial charge on any atom is 0.0615 e. The lowest BCUT2D eigenvalue weighted by Crippen LogP contribution is -2.44. The Labute approximate surface area is 93.2 Å². The molecule has 1 saturated carbocycles. The molecule has 2 atom stereocenters. The molecule has 2 unspecified atom stereocenters. The van der Waals surface area contributed by atoms with Gasteiger partial charge in [0.1, 0.15) is 0 Å². The number of hydrogen-bond acceptors (Lipinski definition) is 3. The predicted molar refractivity (Wildman–Crippen MR) is 62.0 cm³/mol. The quantitative estimate of drug-likeness (QED) is 0.755. The van der Waals surface area contributed by atoms with Crippen molar-refractivity contribution >= 4 is 0 Å². The average molecular weight is 212 g/mol. The molecule has 1 heterocycles. The van der Waals surface area contributed by atoms with E-state index in [1.165, 1.54) is 38.9 Å². The number of nitrogens with zero attached hydrogens (tertiary/aromatic N) is 1. The first-order chi connectivity index (χ1) is 7.31. The summed E-state index contributed by atoms with van der Waals surface area (Å²) in [5.74, 6) is 0.959. The molecular weight excluding hydrogens is 188 g/mol. The minimum atomic E-state index is 0.566. The van der Waals surface area contributed by atoms with Crippen molar-refractivity contribution < 1.29 is 4.74 Å². The molecule has 1 aliphatic carbocycles. The molecule has 0 radical (unpaired) electrons. The molecule has 0 amide bonds. The van der Waals surface area contributed by atoms with Gasteiger partial charge in [0.25, 0.3) is 0 Å². The zero-order valence-electron chi connectivity index (χ0n) is 10.0. The highest BCUT2D eigenvalue weighted by atomic mass is 16.5. The third kappa shape index (κ3) is 3.16. The number of nitrogens with one attached hydrogen (secondary N) is 1. The monoisotopic (exact) mass is 212 g/mol. The van der Waals surface area contributed by atoms with Gasteiger partial charge >= 0.3 is 0 Å². The topological polar surface area (TPSA) is 24.5 Å². The van der Waals surface area contributed by atoms with Crippen LogP contribution in [0.25, 0.3) is 0 Å². The van der Waals surface area contributed by atoms with E-state index in [0.29, 0.717) is 6.04 Å². The molecule has 3 heteroatoms. The lowest BCUT2D eigenvalue weighted by atomic mass is 10.1. The second-order valence-corrected chi connectivity index (χ2v) is 5.05. The van der Waals surface area contributed by atoms with Gasteiger partial charge in [-0.05, 0) is 45.2 Å². The Balaban J connectivity index is 1.86. The van der Waals surface area contributed by atoms with Crippen LogP contribution in [0.2, 0.25) is 0 Å². The molecular formula is C12H24N2O. The lowest BCUT2D eigenvalue weighted by Gasteiger charge is -2.29. The van der Waals surface area contributed by atoms with Gasteiger partial charge in [-0.15, -0.1) is 0 Å². The van der Waals surface area contributed by atoms with E-state index < -0.39 is 0 Å². The predicted octanol–water partition coefficient (Wildman–Crippen LogP) is 1.10. The van der Waals surface area contributed by atoms with E-state index in [-0.39, 0.29) is 0 Å². The van der Waals surface area contributed by atoms with Gasteiger partial charge in [-0.2, -0.15) is 0 Å². The summed E-state index contributed by atoms with van der Waals surface area (Å²) in [6.07, 6.45) is 4.14. The summed E-state index contributed by atoms with van der Waals surface area (Å²) in [4.78, 5) is 2.59. The van der Waals surface area contributed by atoms with E-state index in [9.17, 15) is 0 Å². The van der Waals surface area contributed by atoms with Crippen LogP contribution in [0.5, 0.6) is 0 Å². The second kappa shape index (κ2) is 5.28. The van der Waals surface area contributed by atoms with Crippen molar-refractivity contribution in [3.05, 3.63) is 0 Å². The molecule has 0 bridgehead atoms. The highest BCUT2D eigenvalue weighted by Crippen LogP contribution is 2.33. The van der Waals surface area contributed by atoms with Gasteiger partial charge in [-0.1, -0.05) is 0 Å². The summed E-state index contributed by atoms with van der Waals surface area (Å²) < 4.78 is 5.25. The third-order valence-corrected chi connectivity index (χ3v) is 3.68. The Morgan fingerprint density at radius 1 is 1.47 bits per heavy atom. The Hall–Kier alpha value is -0.120. The first-order valence-corrected chi connectivity index (χ1v) is 6.27. The van der Waals surface area contributed by atoms with Crippen LogP contribution in [0.15, 0.2) is 0 Å². The molecule has 2 fully saturated rings. The number of ether oxygens (including phenoxy) is 1. The van der Waals surface area contributed by atoms with Crippen molar-refractivity contribution in [1.29, 1.82) is 0 Å². The van der Waals surface area contributed by atoms with Crippen molar-refractivity contribution in [3.8, 4) is 0 Å². The van der Waals surface area contributed by atoms with Crippen molar-refractivity contribution in [2.45, 2.75) is 38.3 Å². The number of rotatable bonds is 4. The van der Waals surface area contributed by atoms with Crippen LogP contribution in [0.3, 0.4) is 0 Å². The Morgan fingerprint density at radius 3 is 2.93 bits per heavy atom. The highest BCUT2D eigenvalue weighted by Gasteiger charge is 2.33. The summed E-state index contributed by atoms with van der Waals surface area (Å²) >= 11 is 0. The van der Waals surface area contributed by atoms with Crippen LogP contribution >= 0.6 is 0 Å². The summed E-state index contributed by atoms with van der Waals surface area (Å²) in [5, 5.41) is 3.69. The zero-order valence-corrected chi connectivity index (χ0v) is 10.0. The van der Waals surface area contributed by atoms with Crippen molar-refractivity contribution in [2.24, 2.45) is 5.92 Å². The summed E-state index contributed by atoms with van der Waals surface area (Å²) in [7, 11) is 1.80. The van der Waals surface area contributed by atoms with Crippen LogP contribution in [-0.4, -0.2) is 50.3 Å². The smallest absolute Gasteiger partial charge is 0.0615 e. The number of methoxy groups -OCH3 is 1. The number of hydrogen-bond donors (Lipinski definition) is 1. The lowest BCUT2D eigenvalue weighted by molar-refractivity contribution is 0.0965. The molecule has 0 aromatic heterocycles.